The predicted octanol–water partition coefficient (Wildman–Crippen LogP) is 6.30. The molecule has 0 radical (unpaired) electrons. The summed E-state index contributed by atoms with van der Waals surface area (Å²) in [6.07, 6.45) is 10.4. The third-order valence-corrected chi connectivity index (χ3v) is 7.40. The van der Waals surface area contributed by atoms with E-state index in [9.17, 15) is 9.18 Å². The van der Waals surface area contributed by atoms with Gasteiger partial charge in [0.1, 0.15) is 16.5 Å². The average Bonchev–Trinajstić information content (AvgIpc) is 3.37. The average molecular weight is 442 g/mol. The lowest BCUT2D eigenvalue weighted by molar-refractivity contribution is 0.0931. The number of thiazole rings is 1. The van der Waals surface area contributed by atoms with E-state index >= 15 is 0 Å². The fourth-order valence-corrected chi connectivity index (χ4v) is 5.70. The largest absolute Gasteiger partial charge is 0.372 e. The molecule has 1 aromatic carbocycles. The van der Waals surface area contributed by atoms with E-state index in [1.165, 1.54) is 22.5 Å². The molecule has 4 nitrogen and oxygen atoms in total. The summed E-state index contributed by atoms with van der Waals surface area (Å²) in [4.78, 5) is 17.7. The van der Waals surface area contributed by atoms with Crippen molar-refractivity contribution < 1.29 is 9.18 Å². The Labute approximate surface area is 188 Å². The van der Waals surface area contributed by atoms with Gasteiger partial charge in [-0.15, -0.1) is 0 Å². The molecule has 0 bridgehead atoms. The quantitative estimate of drug-likeness (QED) is 0.480. The fraction of sp³-hybridized carbons (Fsp3) is 0.520. The highest BCUT2D eigenvalue weighted by molar-refractivity contribution is 7.17. The molecule has 4 rings (SSSR count). The maximum atomic E-state index is 13.6. The van der Waals surface area contributed by atoms with Crippen LogP contribution in [0.4, 0.5) is 9.39 Å². The lowest BCUT2D eigenvalue weighted by Crippen LogP contribution is -2.34. The Hall–Kier alpha value is -2.21. The molecule has 2 aliphatic rings. The molecule has 2 aromatic rings. The molecule has 1 aliphatic heterocycles. The van der Waals surface area contributed by atoms with Crippen molar-refractivity contribution in [3.63, 3.8) is 0 Å². The summed E-state index contributed by atoms with van der Waals surface area (Å²) in [7, 11) is 0. The summed E-state index contributed by atoms with van der Waals surface area (Å²) in [5.74, 6) is 0.171. The molecule has 1 aromatic heterocycles. The zero-order chi connectivity index (χ0) is 21.8. The number of carbonyl (C=O) groups excluding carboxylic acids is 1. The number of anilines is 1. The first-order valence-corrected chi connectivity index (χ1v) is 12.4. The number of benzene rings is 1. The van der Waals surface area contributed by atoms with Crippen LogP contribution in [-0.2, 0) is 6.42 Å². The van der Waals surface area contributed by atoms with Gasteiger partial charge in [-0.05, 0) is 66.9 Å². The van der Waals surface area contributed by atoms with Gasteiger partial charge in [0.2, 0.25) is 0 Å². The van der Waals surface area contributed by atoms with Crippen LogP contribution in [0, 0.1) is 5.82 Å². The van der Waals surface area contributed by atoms with E-state index in [1.54, 1.807) is 12.1 Å². The first-order chi connectivity index (χ1) is 15.1. The molecular formula is C25H32FN3OS. The van der Waals surface area contributed by atoms with Crippen molar-refractivity contribution in [2.45, 2.75) is 77.2 Å². The Morgan fingerprint density at radius 2 is 2.19 bits per heavy atom. The number of hydrogen-bond donors (Lipinski definition) is 2. The van der Waals surface area contributed by atoms with Crippen molar-refractivity contribution in [2.75, 3.05) is 11.9 Å². The van der Waals surface area contributed by atoms with Gasteiger partial charge in [-0.3, -0.25) is 4.79 Å². The first kappa shape index (κ1) is 22.0. The summed E-state index contributed by atoms with van der Waals surface area (Å²) in [6, 6.07) is 5.40. The van der Waals surface area contributed by atoms with Crippen LogP contribution in [0.2, 0.25) is 0 Å². The Morgan fingerprint density at radius 1 is 1.32 bits per heavy atom. The number of fused-ring (bicyclic) bond motifs is 2. The second-order valence-electron chi connectivity index (χ2n) is 8.69. The molecule has 1 amide bonds. The van der Waals surface area contributed by atoms with Crippen LogP contribution < -0.4 is 10.6 Å². The highest BCUT2D eigenvalue weighted by Gasteiger charge is 2.28. The van der Waals surface area contributed by atoms with Gasteiger partial charge in [0, 0.05) is 12.6 Å². The maximum Gasteiger partial charge on any atom is 0.280 e. The summed E-state index contributed by atoms with van der Waals surface area (Å²) in [5.41, 5.74) is 4.50. The van der Waals surface area contributed by atoms with Gasteiger partial charge in [-0.1, -0.05) is 56.6 Å². The van der Waals surface area contributed by atoms with Crippen LogP contribution in [-0.4, -0.2) is 23.5 Å². The molecule has 166 valence electrons. The molecule has 1 aliphatic carbocycles. The van der Waals surface area contributed by atoms with E-state index < -0.39 is 0 Å². The van der Waals surface area contributed by atoms with Gasteiger partial charge in [-0.25, -0.2) is 9.37 Å². The van der Waals surface area contributed by atoms with Crippen LogP contribution in [0.3, 0.4) is 0 Å². The Balaban J connectivity index is 1.47. The minimum Gasteiger partial charge on any atom is -0.372 e. The minimum atomic E-state index is -0.154. The minimum absolute atomic E-state index is 0.0585. The molecule has 0 spiro atoms. The molecule has 0 saturated heterocycles. The summed E-state index contributed by atoms with van der Waals surface area (Å²) >= 11 is 1.45. The van der Waals surface area contributed by atoms with Crippen molar-refractivity contribution >= 4 is 27.8 Å². The lowest BCUT2D eigenvalue weighted by atomic mass is 9.91. The number of nitrogens with one attached hydrogen (secondary N) is 2. The fourth-order valence-electron chi connectivity index (χ4n) is 4.78. The molecule has 2 N–H and O–H groups in total. The normalized spacial score (nSPS) is 18.0. The van der Waals surface area contributed by atoms with Crippen LogP contribution >= 0.6 is 11.3 Å². The monoisotopic (exact) mass is 441 g/mol. The van der Waals surface area contributed by atoms with Gasteiger partial charge in [-0.2, -0.15) is 0 Å². The topological polar surface area (TPSA) is 54.0 Å². The van der Waals surface area contributed by atoms with E-state index in [-0.39, 0.29) is 17.8 Å². The van der Waals surface area contributed by atoms with Crippen LogP contribution in [0.5, 0.6) is 0 Å². The number of allylic oxidation sites excluding steroid dienone is 1. The molecular weight excluding hydrogens is 409 g/mol. The summed E-state index contributed by atoms with van der Waals surface area (Å²) in [6.45, 7) is 5.09. The van der Waals surface area contributed by atoms with Crippen LogP contribution in [0.25, 0.3) is 5.57 Å². The number of nitrogens with zero attached hydrogens (tertiary/aromatic N) is 1. The smallest absolute Gasteiger partial charge is 0.280 e. The van der Waals surface area contributed by atoms with Crippen molar-refractivity contribution in [3.8, 4) is 0 Å². The van der Waals surface area contributed by atoms with Gasteiger partial charge < -0.3 is 10.6 Å². The number of amides is 1. The van der Waals surface area contributed by atoms with E-state index in [2.05, 4.69) is 30.6 Å². The van der Waals surface area contributed by atoms with Crippen molar-refractivity contribution in [2.24, 2.45) is 0 Å². The van der Waals surface area contributed by atoms with Crippen LogP contribution in [0.1, 0.15) is 91.3 Å². The van der Waals surface area contributed by atoms with Crippen molar-refractivity contribution in [3.05, 3.63) is 51.9 Å². The zero-order valence-corrected chi connectivity index (χ0v) is 19.3. The van der Waals surface area contributed by atoms with Crippen molar-refractivity contribution in [1.29, 1.82) is 0 Å². The molecule has 0 saturated carbocycles. The SMILES string of the molecule is CCCCC(CCC)NC(=O)c1nc2c(s1)NCC=C2CC1CCc2cc(F)ccc21. The summed E-state index contributed by atoms with van der Waals surface area (Å²) < 4.78 is 13.6. The van der Waals surface area contributed by atoms with E-state index in [1.807, 2.05) is 6.07 Å². The Bertz CT molecular complexity index is 968. The number of halogens is 1. The number of aryl methyl sites for hydroxylation is 1. The van der Waals surface area contributed by atoms with E-state index in [0.29, 0.717) is 10.9 Å². The third kappa shape index (κ3) is 5.00. The second kappa shape index (κ2) is 9.94. The third-order valence-electron chi connectivity index (χ3n) is 6.39. The number of unbranched alkanes of at least 4 members (excludes halogenated alkanes) is 1. The predicted molar refractivity (Wildman–Crippen MR) is 126 cm³/mol. The van der Waals surface area contributed by atoms with Crippen LogP contribution in [0.15, 0.2) is 24.3 Å². The first-order valence-electron chi connectivity index (χ1n) is 11.6. The Kier molecular flexibility index (Phi) is 7.06. The number of rotatable bonds is 9. The lowest BCUT2D eigenvalue weighted by Gasteiger charge is -2.18. The zero-order valence-electron chi connectivity index (χ0n) is 18.5. The van der Waals surface area contributed by atoms with Gasteiger partial charge in [0.15, 0.2) is 5.01 Å². The summed E-state index contributed by atoms with van der Waals surface area (Å²) in [5, 5.41) is 8.12. The molecule has 31 heavy (non-hydrogen) atoms. The Morgan fingerprint density at radius 3 is 3.00 bits per heavy atom. The van der Waals surface area contributed by atoms with E-state index in [4.69, 9.17) is 4.98 Å². The second-order valence-corrected chi connectivity index (χ2v) is 9.69. The maximum absolute atomic E-state index is 13.6. The molecule has 2 atom stereocenters. The van der Waals surface area contributed by atoms with Gasteiger partial charge in [0.05, 0.1) is 0 Å². The van der Waals surface area contributed by atoms with E-state index in [0.717, 1.165) is 74.2 Å². The molecule has 6 heteroatoms. The van der Waals surface area contributed by atoms with Crippen molar-refractivity contribution in [1.82, 2.24) is 10.3 Å². The molecule has 2 heterocycles. The number of hydrogen-bond acceptors (Lipinski definition) is 4. The molecule has 0 fully saturated rings. The van der Waals surface area contributed by atoms with Gasteiger partial charge >= 0.3 is 0 Å². The number of aromatic nitrogens is 1. The van der Waals surface area contributed by atoms with Gasteiger partial charge in [0.25, 0.3) is 5.91 Å². The standard InChI is InChI=1S/C25H32FN3OS/c1-3-5-7-20(6-4-2)28-23(30)25-29-22-18(12-13-27-24(22)31-25)14-16-8-9-17-15-19(26)10-11-21(16)17/h10-12,15-16,20,27H,3-9,13-14H2,1-2H3,(H,28,30). The highest BCUT2D eigenvalue weighted by Crippen LogP contribution is 2.42. The molecule has 2 unspecified atom stereocenters. The number of carbonyl (C=O) groups is 1. The highest BCUT2D eigenvalue weighted by atomic mass is 32.1.